The molecule has 1 amide bonds. The monoisotopic (exact) mass is 591 g/mol. The molecule has 0 saturated heterocycles. The summed E-state index contributed by atoms with van der Waals surface area (Å²) in [6, 6.07) is 18.2. The minimum absolute atomic E-state index is 0.0864. The quantitative estimate of drug-likeness (QED) is 0.277. The summed E-state index contributed by atoms with van der Waals surface area (Å²) in [5, 5.41) is 9.36. The molecule has 1 atom stereocenters. The Kier molecular flexibility index (Phi) is 7.77. The average Bonchev–Trinajstić information content (AvgIpc) is 2.86. The number of anilines is 1. The summed E-state index contributed by atoms with van der Waals surface area (Å²) in [6.07, 6.45) is 11.7. The molecule has 0 fully saturated rings. The average molecular weight is 593 g/mol. The Morgan fingerprint density at radius 3 is 2.37 bits per heavy atom. The van der Waals surface area contributed by atoms with Crippen LogP contribution in [0.25, 0.3) is 0 Å². The van der Waals surface area contributed by atoms with E-state index in [9.17, 15) is 4.79 Å². The van der Waals surface area contributed by atoms with Gasteiger partial charge in [-0.25, -0.2) is 5.01 Å². The second-order valence-corrected chi connectivity index (χ2v) is 9.17. The van der Waals surface area contributed by atoms with Crippen molar-refractivity contribution >= 4 is 49.7 Å². The van der Waals surface area contributed by atoms with Crippen molar-refractivity contribution in [2.24, 2.45) is 5.10 Å². The van der Waals surface area contributed by atoms with E-state index in [2.05, 4.69) is 54.1 Å². The molecule has 0 radical (unpaired) electrons. The summed E-state index contributed by atoms with van der Waals surface area (Å²) in [5.41, 5.74) is 2.53. The number of amides is 1. The number of nitrogens with zero attached hydrogens (tertiary/aromatic N) is 2. The summed E-state index contributed by atoms with van der Waals surface area (Å²) < 4.78 is 13.1. The van der Waals surface area contributed by atoms with Gasteiger partial charge in [-0.15, -0.1) is 12.8 Å². The molecule has 0 spiro atoms. The third-order valence-electron chi connectivity index (χ3n) is 5.08. The number of nitrogens with one attached hydrogen (secondary N) is 1. The molecule has 0 saturated carbocycles. The van der Waals surface area contributed by atoms with E-state index in [-0.39, 0.29) is 19.1 Å². The first kappa shape index (κ1) is 24.4. The zero-order chi connectivity index (χ0) is 24.8. The second-order valence-electron chi connectivity index (χ2n) is 7.34. The lowest BCUT2D eigenvalue weighted by Crippen LogP contribution is -2.39. The Labute approximate surface area is 220 Å². The maximum atomic E-state index is 13.6. The fourth-order valence-corrected chi connectivity index (χ4v) is 4.31. The summed E-state index contributed by atoms with van der Waals surface area (Å²) in [5.74, 6) is 5.74. The molecule has 0 aromatic heterocycles. The molecule has 0 unspecified atom stereocenters. The van der Waals surface area contributed by atoms with E-state index in [0.29, 0.717) is 33.9 Å². The molecule has 3 aromatic rings. The molecule has 1 heterocycles. The van der Waals surface area contributed by atoms with Gasteiger partial charge in [0.05, 0.1) is 11.8 Å². The molecule has 0 bridgehead atoms. The Morgan fingerprint density at radius 2 is 1.63 bits per heavy atom. The molecule has 174 valence electrons. The van der Waals surface area contributed by atoms with Crippen molar-refractivity contribution < 1.29 is 14.3 Å². The predicted molar refractivity (Wildman–Crippen MR) is 144 cm³/mol. The van der Waals surface area contributed by atoms with Crippen LogP contribution in [-0.2, 0) is 0 Å². The van der Waals surface area contributed by atoms with Gasteiger partial charge in [0.15, 0.2) is 6.17 Å². The number of halogens is 2. The smallest absolute Gasteiger partial charge is 0.278 e. The van der Waals surface area contributed by atoms with Crippen molar-refractivity contribution in [2.45, 2.75) is 6.17 Å². The Bertz CT molecular complexity index is 1370. The van der Waals surface area contributed by atoms with E-state index < -0.39 is 6.17 Å². The second kappa shape index (κ2) is 11.1. The summed E-state index contributed by atoms with van der Waals surface area (Å²) in [4.78, 5) is 13.6. The van der Waals surface area contributed by atoms with E-state index in [0.717, 1.165) is 8.95 Å². The highest BCUT2D eigenvalue weighted by Gasteiger charge is 2.34. The lowest BCUT2D eigenvalue weighted by Gasteiger charge is -2.35. The first-order valence-corrected chi connectivity index (χ1v) is 12.0. The number of benzene rings is 3. The minimum atomic E-state index is -0.666. The molecule has 35 heavy (non-hydrogen) atoms. The topological polar surface area (TPSA) is 63.2 Å². The lowest BCUT2D eigenvalue weighted by molar-refractivity contribution is 0.0689. The van der Waals surface area contributed by atoms with Crippen LogP contribution in [0.1, 0.15) is 27.7 Å². The lowest BCUT2D eigenvalue weighted by atomic mass is 10.0. The van der Waals surface area contributed by atoms with Gasteiger partial charge < -0.3 is 14.8 Å². The largest absolute Gasteiger partial charge is 0.481 e. The van der Waals surface area contributed by atoms with E-state index >= 15 is 0 Å². The summed E-state index contributed by atoms with van der Waals surface area (Å²) in [6.45, 7) is 0.194. The molecule has 6 nitrogen and oxygen atoms in total. The fraction of sp³-hybridized carbons (Fsp3) is 0.111. The van der Waals surface area contributed by atoms with Gasteiger partial charge in [0.2, 0.25) is 0 Å². The van der Waals surface area contributed by atoms with Gasteiger partial charge >= 0.3 is 0 Å². The first-order valence-electron chi connectivity index (χ1n) is 10.5. The van der Waals surface area contributed by atoms with Crippen LogP contribution in [0, 0.1) is 24.7 Å². The Balaban J connectivity index is 1.80. The summed E-state index contributed by atoms with van der Waals surface area (Å²) in [7, 11) is 0. The van der Waals surface area contributed by atoms with E-state index in [1.54, 1.807) is 30.5 Å². The van der Waals surface area contributed by atoms with Crippen molar-refractivity contribution in [2.75, 3.05) is 18.5 Å². The van der Waals surface area contributed by atoms with Crippen molar-refractivity contribution in [1.29, 1.82) is 0 Å². The predicted octanol–water partition coefficient (Wildman–Crippen LogP) is 5.84. The van der Waals surface area contributed by atoms with E-state index in [4.69, 9.17) is 22.3 Å². The summed E-state index contributed by atoms with van der Waals surface area (Å²) >= 11 is 6.98. The number of carbonyl (C=O) groups is 1. The van der Waals surface area contributed by atoms with Crippen molar-refractivity contribution in [3.8, 4) is 36.2 Å². The molecule has 0 aliphatic carbocycles. The third kappa shape index (κ3) is 5.51. The SMILES string of the molecule is C#CCOc1ccc(Br)cc1/C=N\N1C(=O)c2ccccc2N[C@H]1c1cc(Br)ccc1OCC#C. The zero-order valence-electron chi connectivity index (χ0n) is 18.4. The molecular weight excluding hydrogens is 574 g/mol. The van der Waals surface area contributed by atoms with Gasteiger partial charge in [0.1, 0.15) is 24.7 Å². The number of fused-ring (bicyclic) bond motifs is 1. The van der Waals surface area contributed by atoms with Gasteiger partial charge in [-0.3, -0.25) is 4.79 Å². The number of hydrazone groups is 1. The van der Waals surface area contributed by atoms with Gasteiger partial charge in [0.25, 0.3) is 5.91 Å². The van der Waals surface area contributed by atoms with Gasteiger partial charge in [-0.1, -0.05) is 55.8 Å². The van der Waals surface area contributed by atoms with E-state index in [1.807, 2.05) is 36.4 Å². The van der Waals surface area contributed by atoms with Crippen LogP contribution in [-0.4, -0.2) is 30.3 Å². The molecule has 1 aliphatic heterocycles. The maximum Gasteiger partial charge on any atom is 0.278 e. The first-order chi connectivity index (χ1) is 17.0. The number of carbonyl (C=O) groups excluding carboxylic acids is 1. The van der Waals surface area contributed by atoms with Crippen LogP contribution in [0.4, 0.5) is 5.69 Å². The molecule has 8 heteroatoms. The number of hydrogen-bond acceptors (Lipinski definition) is 5. The van der Waals surface area contributed by atoms with Crippen LogP contribution in [0.15, 0.2) is 74.7 Å². The third-order valence-corrected chi connectivity index (χ3v) is 6.07. The van der Waals surface area contributed by atoms with Crippen LogP contribution < -0.4 is 14.8 Å². The number of hydrogen-bond donors (Lipinski definition) is 1. The maximum absolute atomic E-state index is 13.6. The normalized spacial score (nSPS) is 14.6. The van der Waals surface area contributed by atoms with Gasteiger partial charge in [-0.05, 0) is 48.5 Å². The van der Waals surface area contributed by atoms with Gasteiger partial charge in [0, 0.05) is 25.8 Å². The highest BCUT2D eigenvalue weighted by Crippen LogP contribution is 2.38. The fourth-order valence-electron chi connectivity index (χ4n) is 3.55. The zero-order valence-corrected chi connectivity index (χ0v) is 21.5. The Hall–Kier alpha value is -3.72. The molecule has 1 N–H and O–H groups in total. The number of rotatable bonds is 7. The number of terminal acetylenes is 2. The van der Waals surface area contributed by atoms with E-state index in [1.165, 1.54) is 5.01 Å². The number of ether oxygens (including phenoxy) is 2. The van der Waals surface area contributed by atoms with Crippen LogP contribution in [0.3, 0.4) is 0 Å². The molecule has 1 aliphatic rings. The van der Waals surface area contributed by atoms with Gasteiger partial charge in [-0.2, -0.15) is 5.10 Å². The molecular formula is C27H19Br2N3O3. The number of para-hydroxylation sites is 1. The molecule has 3 aromatic carbocycles. The molecule has 4 rings (SSSR count). The van der Waals surface area contributed by atoms with Crippen LogP contribution >= 0.6 is 31.9 Å². The highest BCUT2D eigenvalue weighted by molar-refractivity contribution is 9.10. The van der Waals surface area contributed by atoms with Crippen molar-refractivity contribution in [3.63, 3.8) is 0 Å². The van der Waals surface area contributed by atoms with Crippen molar-refractivity contribution in [3.05, 3.63) is 86.3 Å². The van der Waals surface area contributed by atoms with Crippen molar-refractivity contribution in [1.82, 2.24) is 5.01 Å². The standard InChI is InChI=1S/C27H19Br2N3O3/c1-3-13-34-24-11-9-19(28)15-18(24)17-30-32-26(31-23-8-6-5-7-21(23)27(32)33)22-16-20(29)10-12-25(22)35-14-4-2/h1-2,5-12,15-17,26,31H,13-14H2/b30-17-/t26-/m1/s1. The Morgan fingerprint density at radius 1 is 0.971 bits per heavy atom. The van der Waals surface area contributed by atoms with Crippen LogP contribution in [0.5, 0.6) is 11.5 Å². The highest BCUT2D eigenvalue weighted by atomic mass is 79.9. The van der Waals surface area contributed by atoms with Crippen LogP contribution in [0.2, 0.25) is 0 Å². The minimum Gasteiger partial charge on any atom is -0.481 e.